The molecule has 1 aliphatic heterocycles. The number of aromatic nitrogens is 1. The molecule has 1 aromatic rings. The first-order valence-electron chi connectivity index (χ1n) is 5.40. The zero-order valence-corrected chi connectivity index (χ0v) is 9.10. The Bertz CT molecular complexity index is 393. The topological polar surface area (TPSA) is 85.2 Å². The zero-order chi connectivity index (χ0) is 11.5. The third-order valence-electron chi connectivity index (χ3n) is 2.97. The number of carbonyl (C=O) groups excluding carboxylic acids is 1. The van der Waals surface area contributed by atoms with E-state index in [1.807, 2.05) is 12.1 Å². The van der Waals surface area contributed by atoms with Crippen LogP contribution < -0.4 is 16.4 Å². The molecule has 1 unspecified atom stereocenters. The van der Waals surface area contributed by atoms with E-state index in [9.17, 15) is 4.79 Å². The van der Waals surface area contributed by atoms with Crippen molar-refractivity contribution < 1.29 is 4.79 Å². The maximum absolute atomic E-state index is 11.1. The predicted molar refractivity (Wildman–Crippen MR) is 61.6 cm³/mol. The highest BCUT2D eigenvalue weighted by atomic mass is 16.1. The van der Waals surface area contributed by atoms with E-state index in [4.69, 9.17) is 11.5 Å². The molecule has 1 saturated heterocycles. The number of carbonyl (C=O) groups is 1. The molecule has 0 radical (unpaired) electrons. The van der Waals surface area contributed by atoms with Crippen LogP contribution in [-0.2, 0) is 11.3 Å². The fraction of sp³-hybridized carbons (Fsp3) is 0.455. The maximum Gasteiger partial charge on any atom is 0.222 e. The van der Waals surface area contributed by atoms with Gasteiger partial charge in [0.05, 0.1) is 11.6 Å². The highest BCUT2D eigenvalue weighted by Crippen LogP contribution is 2.23. The van der Waals surface area contributed by atoms with Gasteiger partial charge in [0.15, 0.2) is 0 Å². The molecule has 4 N–H and O–H groups in total. The Morgan fingerprint density at radius 2 is 2.44 bits per heavy atom. The number of nitrogens with two attached hydrogens (primary N) is 2. The molecule has 0 aromatic carbocycles. The first-order valence-corrected chi connectivity index (χ1v) is 5.40. The van der Waals surface area contributed by atoms with Crippen LogP contribution in [0.2, 0.25) is 0 Å². The van der Waals surface area contributed by atoms with Crippen molar-refractivity contribution in [3.8, 4) is 0 Å². The first-order chi connectivity index (χ1) is 7.70. The van der Waals surface area contributed by atoms with Crippen LogP contribution in [0.3, 0.4) is 0 Å². The van der Waals surface area contributed by atoms with Crippen molar-refractivity contribution in [1.29, 1.82) is 0 Å². The van der Waals surface area contributed by atoms with E-state index in [2.05, 4.69) is 9.88 Å². The molecular formula is C11H16N4O. The van der Waals surface area contributed by atoms with Crippen molar-refractivity contribution in [3.05, 3.63) is 24.0 Å². The molecule has 1 amide bonds. The average molecular weight is 220 g/mol. The van der Waals surface area contributed by atoms with Crippen molar-refractivity contribution in [2.45, 2.75) is 13.0 Å². The van der Waals surface area contributed by atoms with E-state index < -0.39 is 0 Å². The van der Waals surface area contributed by atoms with Crippen LogP contribution in [0.25, 0.3) is 0 Å². The van der Waals surface area contributed by atoms with Crippen LogP contribution in [0.1, 0.15) is 12.1 Å². The fourth-order valence-corrected chi connectivity index (χ4v) is 2.00. The van der Waals surface area contributed by atoms with Crippen LogP contribution in [0.15, 0.2) is 18.3 Å². The fourth-order valence-electron chi connectivity index (χ4n) is 2.00. The van der Waals surface area contributed by atoms with E-state index >= 15 is 0 Å². The highest BCUT2D eigenvalue weighted by Gasteiger charge is 2.26. The number of rotatable bonds is 3. The summed E-state index contributed by atoms with van der Waals surface area (Å²) in [5.41, 5.74) is 12.8. The maximum atomic E-state index is 11.1. The average Bonchev–Trinajstić information content (AvgIpc) is 2.78. The second-order valence-corrected chi connectivity index (χ2v) is 4.04. The first kappa shape index (κ1) is 10.9. The molecule has 1 aliphatic rings. The van der Waals surface area contributed by atoms with E-state index in [0.717, 1.165) is 24.3 Å². The Kier molecular flexibility index (Phi) is 3.05. The van der Waals surface area contributed by atoms with Crippen LogP contribution in [-0.4, -0.2) is 24.0 Å². The smallest absolute Gasteiger partial charge is 0.222 e. The van der Waals surface area contributed by atoms with E-state index in [0.29, 0.717) is 13.1 Å². The molecule has 5 nitrogen and oxygen atoms in total. The summed E-state index contributed by atoms with van der Waals surface area (Å²) in [6.07, 6.45) is 2.57. The van der Waals surface area contributed by atoms with Crippen molar-refractivity contribution in [2.75, 3.05) is 18.0 Å². The molecule has 5 heteroatoms. The minimum Gasteiger partial charge on any atom is -0.371 e. The number of hydrogen-bond acceptors (Lipinski definition) is 4. The van der Waals surface area contributed by atoms with Gasteiger partial charge in [0, 0.05) is 31.5 Å². The lowest BCUT2D eigenvalue weighted by Gasteiger charge is -2.18. The second-order valence-electron chi connectivity index (χ2n) is 4.04. The zero-order valence-electron chi connectivity index (χ0n) is 9.10. The molecule has 0 spiro atoms. The molecule has 86 valence electrons. The predicted octanol–water partition coefficient (Wildman–Crippen LogP) is -0.148. The molecule has 0 bridgehead atoms. The van der Waals surface area contributed by atoms with E-state index in [1.165, 1.54) is 0 Å². The van der Waals surface area contributed by atoms with Crippen molar-refractivity contribution >= 4 is 11.6 Å². The molecule has 1 atom stereocenters. The van der Waals surface area contributed by atoms with Crippen molar-refractivity contribution in [2.24, 2.45) is 17.4 Å². The molecule has 16 heavy (non-hydrogen) atoms. The number of anilines is 1. The summed E-state index contributed by atoms with van der Waals surface area (Å²) in [5, 5.41) is 0. The van der Waals surface area contributed by atoms with Gasteiger partial charge >= 0.3 is 0 Å². The van der Waals surface area contributed by atoms with Gasteiger partial charge in [-0.05, 0) is 18.6 Å². The summed E-state index contributed by atoms with van der Waals surface area (Å²) in [7, 11) is 0. The van der Waals surface area contributed by atoms with Gasteiger partial charge in [0.1, 0.15) is 0 Å². The largest absolute Gasteiger partial charge is 0.371 e. The number of nitrogens with zero attached hydrogens (tertiary/aromatic N) is 2. The van der Waals surface area contributed by atoms with Crippen molar-refractivity contribution in [1.82, 2.24) is 4.98 Å². The lowest BCUT2D eigenvalue weighted by Crippen LogP contribution is -2.27. The third kappa shape index (κ3) is 2.14. The summed E-state index contributed by atoms with van der Waals surface area (Å²) in [5.74, 6) is -0.245. The Labute approximate surface area is 94.4 Å². The third-order valence-corrected chi connectivity index (χ3v) is 2.97. The van der Waals surface area contributed by atoms with Crippen LogP contribution in [0.4, 0.5) is 5.69 Å². The summed E-state index contributed by atoms with van der Waals surface area (Å²) in [6, 6.07) is 3.89. The lowest BCUT2D eigenvalue weighted by molar-refractivity contribution is -0.121. The Morgan fingerprint density at radius 3 is 3.06 bits per heavy atom. The monoisotopic (exact) mass is 220 g/mol. The summed E-state index contributed by atoms with van der Waals surface area (Å²) in [4.78, 5) is 17.4. The van der Waals surface area contributed by atoms with Gasteiger partial charge in [-0.15, -0.1) is 0 Å². The number of primary amides is 1. The molecule has 0 saturated carbocycles. The number of hydrogen-bond donors (Lipinski definition) is 2. The molecular weight excluding hydrogens is 204 g/mol. The molecule has 1 fully saturated rings. The number of amides is 1. The molecule has 2 heterocycles. The Morgan fingerprint density at radius 1 is 1.62 bits per heavy atom. The van der Waals surface area contributed by atoms with Gasteiger partial charge < -0.3 is 16.4 Å². The minimum atomic E-state index is -0.212. The molecule has 2 rings (SSSR count). The minimum absolute atomic E-state index is 0.0329. The summed E-state index contributed by atoms with van der Waals surface area (Å²) < 4.78 is 0. The number of pyridine rings is 1. The molecule has 0 aliphatic carbocycles. The quantitative estimate of drug-likeness (QED) is 0.742. The SMILES string of the molecule is NCc1cc(N2CCC(C(N)=O)C2)ccn1. The summed E-state index contributed by atoms with van der Waals surface area (Å²) in [6.45, 7) is 1.99. The normalized spacial score (nSPS) is 20.1. The van der Waals surface area contributed by atoms with Crippen LogP contribution in [0, 0.1) is 5.92 Å². The van der Waals surface area contributed by atoms with Gasteiger partial charge in [0.25, 0.3) is 0 Å². The van der Waals surface area contributed by atoms with Gasteiger partial charge in [-0.1, -0.05) is 0 Å². The van der Waals surface area contributed by atoms with Gasteiger partial charge in [0.2, 0.25) is 5.91 Å². The highest BCUT2D eigenvalue weighted by molar-refractivity contribution is 5.78. The van der Waals surface area contributed by atoms with Crippen LogP contribution in [0.5, 0.6) is 0 Å². The van der Waals surface area contributed by atoms with Gasteiger partial charge in [-0.2, -0.15) is 0 Å². The molecule has 1 aromatic heterocycles. The lowest BCUT2D eigenvalue weighted by atomic mass is 10.1. The van der Waals surface area contributed by atoms with Crippen LogP contribution >= 0.6 is 0 Å². The van der Waals surface area contributed by atoms with E-state index in [-0.39, 0.29) is 11.8 Å². The van der Waals surface area contributed by atoms with E-state index in [1.54, 1.807) is 6.20 Å². The van der Waals surface area contributed by atoms with Gasteiger partial charge in [-0.3, -0.25) is 9.78 Å². The van der Waals surface area contributed by atoms with Crippen molar-refractivity contribution in [3.63, 3.8) is 0 Å². The second kappa shape index (κ2) is 4.49. The Hall–Kier alpha value is -1.62. The standard InChI is InChI=1S/C11H16N4O/c12-6-9-5-10(1-3-14-9)15-4-2-8(7-15)11(13)16/h1,3,5,8H,2,4,6-7,12H2,(H2,13,16). The van der Waals surface area contributed by atoms with Gasteiger partial charge in [-0.25, -0.2) is 0 Å². The summed E-state index contributed by atoms with van der Waals surface area (Å²) >= 11 is 0. The Balaban J connectivity index is 2.11.